The van der Waals surface area contributed by atoms with E-state index in [1.807, 2.05) is 80.4 Å². The number of nitrogens with zero attached hydrogens (tertiary/aromatic N) is 3. The van der Waals surface area contributed by atoms with Gasteiger partial charge in [-0.1, -0.05) is 13.0 Å². The number of rotatable bonds is 8. The monoisotopic (exact) mass is 429 g/mol. The lowest BCUT2D eigenvalue weighted by Crippen LogP contribution is -2.31. The first kappa shape index (κ1) is 21.5. The second kappa shape index (κ2) is 9.62. The van der Waals surface area contributed by atoms with Crippen LogP contribution < -0.4 is 15.4 Å². The van der Waals surface area contributed by atoms with Crippen molar-refractivity contribution < 1.29 is 9.53 Å². The molecule has 2 N–H and O–H groups in total. The Labute approximate surface area is 187 Å². The van der Waals surface area contributed by atoms with Crippen LogP contribution >= 0.6 is 0 Å². The summed E-state index contributed by atoms with van der Waals surface area (Å²) in [4.78, 5) is 17.0. The molecule has 4 rings (SSSR count). The minimum Gasteiger partial charge on any atom is -0.457 e. The zero-order chi connectivity index (χ0) is 22.5. The summed E-state index contributed by atoms with van der Waals surface area (Å²) in [7, 11) is 3.77. The molecule has 0 saturated carbocycles. The maximum atomic E-state index is 12.5. The summed E-state index contributed by atoms with van der Waals surface area (Å²) in [5.74, 6) is 1.38. The lowest BCUT2D eigenvalue weighted by Gasteiger charge is -2.12. The largest absolute Gasteiger partial charge is 0.457 e. The maximum Gasteiger partial charge on any atom is 0.251 e. The zero-order valence-corrected chi connectivity index (χ0v) is 18.6. The average molecular weight is 430 g/mol. The van der Waals surface area contributed by atoms with Gasteiger partial charge < -0.3 is 15.4 Å². The highest BCUT2D eigenvalue weighted by Crippen LogP contribution is 2.29. The SMILES string of the molecule is CCc1cc(-c2cc(Oc3ccc4cnn(C)c4c3)ccn2)ccc1C(=O)NCCNC. The van der Waals surface area contributed by atoms with Crippen LogP contribution in [-0.4, -0.2) is 40.8 Å². The van der Waals surface area contributed by atoms with Crippen LogP contribution in [0.3, 0.4) is 0 Å². The van der Waals surface area contributed by atoms with E-state index in [2.05, 4.69) is 20.7 Å². The molecule has 4 aromatic rings. The van der Waals surface area contributed by atoms with Crippen molar-refractivity contribution in [2.24, 2.45) is 7.05 Å². The van der Waals surface area contributed by atoms with Crippen molar-refractivity contribution in [3.63, 3.8) is 0 Å². The molecule has 0 aliphatic heterocycles. The molecule has 0 aliphatic carbocycles. The maximum absolute atomic E-state index is 12.5. The van der Waals surface area contributed by atoms with E-state index in [0.717, 1.165) is 46.4 Å². The molecule has 0 spiro atoms. The highest BCUT2D eigenvalue weighted by atomic mass is 16.5. The fourth-order valence-electron chi connectivity index (χ4n) is 3.62. The number of aryl methyl sites for hydroxylation is 2. The Morgan fingerprint density at radius 1 is 1.06 bits per heavy atom. The number of hydrogen-bond acceptors (Lipinski definition) is 5. The van der Waals surface area contributed by atoms with Crippen LogP contribution in [-0.2, 0) is 13.5 Å². The molecule has 164 valence electrons. The van der Waals surface area contributed by atoms with E-state index in [0.29, 0.717) is 17.9 Å². The van der Waals surface area contributed by atoms with Crippen LogP contribution in [0.15, 0.2) is 60.9 Å². The molecule has 32 heavy (non-hydrogen) atoms. The number of carbonyl (C=O) groups is 1. The van der Waals surface area contributed by atoms with E-state index in [-0.39, 0.29) is 5.91 Å². The van der Waals surface area contributed by atoms with Gasteiger partial charge in [0, 0.05) is 55.0 Å². The summed E-state index contributed by atoms with van der Waals surface area (Å²) in [5.41, 5.74) is 4.43. The first-order chi connectivity index (χ1) is 15.6. The van der Waals surface area contributed by atoms with Crippen molar-refractivity contribution >= 4 is 16.8 Å². The van der Waals surface area contributed by atoms with Gasteiger partial charge in [0.15, 0.2) is 0 Å². The number of fused-ring (bicyclic) bond motifs is 1. The Bertz CT molecular complexity index is 1250. The van der Waals surface area contributed by atoms with Crippen molar-refractivity contribution in [3.8, 4) is 22.8 Å². The minimum absolute atomic E-state index is 0.0562. The Morgan fingerprint density at radius 2 is 1.91 bits per heavy atom. The first-order valence-corrected chi connectivity index (χ1v) is 10.7. The fraction of sp³-hybridized carbons (Fsp3) is 0.240. The van der Waals surface area contributed by atoms with E-state index < -0.39 is 0 Å². The quantitative estimate of drug-likeness (QED) is 0.415. The van der Waals surface area contributed by atoms with Gasteiger partial charge in [-0.15, -0.1) is 0 Å². The van der Waals surface area contributed by atoms with Crippen LogP contribution in [0.5, 0.6) is 11.5 Å². The molecule has 0 radical (unpaired) electrons. The number of aromatic nitrogens is 3. The average Bonchev–Trinajstić information content (AvgIpc) is 3.19. The molecule has 0 bridgehead atoms. The van der Waals surface area contributed by atoms with Gasteiger partial charge in [-0.3, -0.25) is 14.5 Å². The number of benzene rings is 2. The van der Waals surface area contributed by atoms with Crippen LogP contribution in [0.4, 0.5) is 0 Å². The van der Waals surface area contributed by atoms with Crippen LogP contribution in [0, 0.1) is 0 Å². The molecule has 2 aromatic carbocycles. The fourth-order valence-corrected chi connectivity index (χ4v) is 3.62. The van der Waals surface area contributed by atoms with E-state index >= 15 is 0 Å². The van der Waals surface area contributed by atoms with Crippen molar-refractivity contribution in [1.82, 2.24) is 25.4 Å². The topological polar surface area (TPSA) is 81.1 Å². The van der Waals surface area contributed by atoms with E-state index in [1.54, 1.807) is 6.20 Å². The number of nitrogens with one attached hydrogen (secondary N) is 2. The van der Waals surface area contributed by atoms with Gasteiger partial charge in [0.05, 0.1) is 17.4 Å². The third-order valence-electron chi connectivity index (χ3n) is 5.37. The van der Waals surface area contributed by atoms with Crippen LogP contribution in [0.1, 0.15) is 22.8 Å². The third-order valence-corrected chi connectivity index (χ3v) is 5.37. The second-order valence-electron chi connectivity index (χ2n) is 7.55. The Kier molecular flexibility index (Phi) is 6.47. The zero-order valence-electron chi connectivity index (χ0n) is 18.6. The second-order valence-corrected chi connectivity index (χ2v) is 7.55. The van der Waals surface area contributed by atoms with Crippen LogP contribution in [0.2, 0.25) is 0 Å². The molecule has 0 fully saturated rings. The highest BCUT2D eigenvalue weighted by molar-refractivity contribution is 5.96. The molecule has 7 nitrogen and oxygen atoms in total. The molecular formula is C25H27N5O2. The minimum atomic E-state index is -0.0562. The lowest BCUT2D eigenvalue weighted by molar-refractivity contribution is 0.0953. The normalized spacial score (nSPS) is 11.0. The van der Waals surface area contributed by atoms with E-state index in [1.165, 1.54) is 0 Å². The standard InChI is InChI=1S/C25H27N5O2/c1-4-17-13-18(6-8-22(17)25(31)28-12-11-26-2)23-14-21(9-10-27-23)32-20-7-5-19-16-29-30(3)24(19)15-20/h5-10,13-16,26H,4,11-12H2,1-3H3,(H,28,31). The Morgan fingerprint density at radius 3 is 2.72 bits per heavy atom. The summed E-state index contributed by atoms with van der Waals surface area (Å²) < 4.78 is 7.92. The van der Waals surface area contributed by atoms with Crippen molar-refractivity contribution in [1.29, 1.82) is 0 Å². The Hall–Kier alpha value is -3.71. The molecule has 2 aromatic heterocycles. The van der Waals surface area contributed by atoms with Gasteiger partial charge in [-0.05, 0) is 49.4 Å². The van der Waals surface area contributed by atoms with Gasteiger partial charge >= 0.3 is 0 Å². The van der Waals surface area contributed by atoms with Gasteiger partial charge in [0.1, 0.15) is 11.5 Å². The van der Waals surface area contributed by atoms with Crippen molar-refractivity contribution in [2.75, 3.05) is 20.1 Å². The molecule has 0 saturated heterocycles. The first-order valence-electron chi connectivity index (χ1n) is 10.7. The molecule has 7 heteroatoms. The Balaban J connectivity index is 1.56. The van der Waals surface area contributed by atoms with Crippen LogP contribution in [0.25, 0.3) is 22.2 Å². The number of carbonyl (C=O) groups excluding carboxylic acids is 1. The molecule has 0 aliphatic rings. The third kappa shape index (κ3) is 4.63. The molecule has 0 atom stereocenters. The number of pyridine rings is 1. The number of ether oxygens (including phenoxy) is 1. The van der Waals surface area contributed by atoms with E-state index in [9.17, 15) is 4.79 Å². The molecule has 1 amide bonds. The molecule has 0 unspecified atom stereocenters. The molecular weight excluding hydrogens is 402 g/mol. The van der Waals surface area contributed by atoms with Gasteiger partial charge in [0.25, 0.3) is 5.91 Å². The summed E-state index contributed by atoms with van der Waals surface area (Å²) in [5, 5.41) is 11.3. The predicted octanol–water partition coefficient (Wildman–Crippen LogP) is 3.94. The summed E-state index contributed by atoms with van der Waals surface area (Å²) in [6, 6.07) is 15.5. The predicted molar refractivity (Wildman–Crippen MR) is 126 cm³/mol. The van der Waals surface area contributed by atoms with Gasteiger partial charge in [-0.25, -0.2) is 0 Å². The van der Waals surface area contributed by atoms with E-state index in [4.69, 9.17) is 4.74 Å². The summed E-state index contributed by atoms with van der Waals surface area (Å²) in [6.45, 7) is 3.37. The number of hydrogen-bond donors (Lipinski definition) is 2. The van der Waals surface area contributed by atoms with Crippen molar-refractivity contribution in [2.45, 2.75) is 13.3 Å². The number of likely N-dealkylation sites (N-methyl/N-ethyl adjacent to an activating group) is 1. The number of amides is 1. The smallest absolute Gasteiger partial charge is 0.251 e. The summed E-state index contributed by atoms with van der Waals surface area (Å²) in [6.07, 6.45) is 4.32. The van der Waals surface area contributed by atoms with Gasteiger partial charge in [-0.2, -0.15) is 5.10 Å². The lowest BCUT2D eigenvalue weighted by atomic mass is 9.99. The summed E-state index contributed by atoms with van der Waals surface area (Å²) >= 11 is 0. The highest BCUT2D eigenvalue weighted by Gasteiger charge is 2.12. The molecule has 2 heterocycles. The van der Waals surface area contributed by atoms with Gasteiger partial charge in [0.2, 0.25) is 0 Å². The van der Waals surface area contributed by atoms with Crippen molar-refractivity contribution in [3.05, 3.63) is 72.1 Å².